The van der Waals surface area contributed by atoms with Gasteiger partial charge in [-0.25, -0.2) is 0 Å². The molecule has 0 saturated carbocycles. The molecule has 0 radical (unpaired) electrons. The van der Waals surface area contributed by atoms with Crippen molar-refractivity contribution in [1.29, 1.82) is 0 Å². The lowest BCUT2D eigenvalue weighted by Gasteiger charge is -2.18. The first kappa shape index (κ1) is 12.5. The Morgan fingerprint density at radius 1 is 1.40 bits per heavy atom. The van der Waals surface area contributed by atoms with Crippen LogP contribution in [0.4, 0.5) is 5.69 Å². The minimum absolute atomic E-state index is 0.608. The lowest BCUT2D eigenvalue weighted by molar-refractivity contribution is 0.0749. The normalized spacial score (nSPS) is 11.5. The molecule has 2 N–H and O–H groups in total. The van der Waals surface area contributed by atoms with Gasteiger partial charge in [-0.05, 0) is 54.8 Å². The molecule has 15 heavy (non-hydrogen) atoms. The van der Waals surface area contributed by atoms with Gasteiger partial charge in [-0.15, -0.1) is 0 Å². The fourth-order valence-corrected chi connectivity index (χ4v) is 1.69. The molecular weight excluding hydrogens is 254 g/mol. The molecule has 0 saturated heterocycles. The Labute approximate surface area is 99.8 Å². The van der Waals surface area contributed by atoms with Gasteiger partial charge in [0, 0.05) is 16.7 Å². The minimum Gasteiger partial charge on any atom is -0.390 e. The van der Waals surface area contributed by atoms with E-state index in [0.717, 1.165) is 23.1 Å². The highest BCUT2D eigenvalue weighted by atomic mass is 79.9. The molecule has 0 heterocycles. The predicted octanol–water partition coefficient (Wildman–Crippen LogP) is 3.33. The number of benzene rings is 1. The van der Waals surface area contributed by atoms with Gasteiger partial charge >= 0.3 is 0 Å². The predicted molar refractivity (Wildman–Crippen MR) is 68.3 cm³/mol. The van der Waals surface area contributed by atoms with Crippen molar-refractivity contribution < 1.29 is 5.11 Å². The molecule has 0 aliphatic rings. The number of hydrogen-bond donors (Lipinski definition) is 2. The second-order valence-electron chi connectivity index (χ2n) is 4.43. The van der Waals surface area contributed by atoms with Crippen LogP contribution in [0.15, 0.2) is 22.7 Å². The molecule has 2 nitrogen and oxygen atoms in total. The third-order valence-corrected chi connectivity index (χ3v) is 3.30. The molecule has 0 spiro atoms. The Bertz CT molecular complexity index is 331. The highest BCUT2D eigenvalue weighted by Gasteiger charge is 2.11. The van der Waals surface area contributed by atoms with Gasteiger partial charge in [0.15, 0.2) is 0 Å². The Hall–Kier alpha value is -0.540. The average Bonchev–Trinajstić information content (AvgIpc) is 2.10. The van der Waals surface area contributed by atoms with Gasteiger partial charge < -0.3 is 10.4 Å². The van der Waals surface area contributed by atoms with E-state index >= 15 is 0 Å². The molecule has 84 valence electrons. The van der Waals surface area contributed by atoms with Crippen LogP contribution < -0.4 is 5.32 Å². The SMILES string of the molecule is Cc1cccc(NCCC(C)(C)O)c1Br. The van der Waals surface area contributed by atoms with Crippen LogP contribution in [-0.2, 0) is 0 Å². The van der Waals surface area contributed by atoms with Crippen molar-refractivity contribution >= 4 is 21.6 Å². The molecule has 1 aromatic carbocycles. The molecular formula is C12H18BrNO. The van der Waals surface area contributed by atoms with Crippen molar-refractivity contribution in [3.8, 4) is 0 Å². The molecule has 0 atom stereocenters. The Morgan fingerprint density at radius 2 is 2.07 bits per heavy atom. The zero-order valence-corrected chi connectivity index (χ0v) is 11.1. The highest BCUT2D eigenvalue weighted by molar-refractivity contribution is 9.10. The number of aryl methyl sites for hydroxylation is 1. The standard InChI is InChI=1S/C12H18BrNO/c1-9-5-4-6-10(11(9)13)14-8-7-12(2,3)15/h4-6,14-15H,7-8H2,1-3H3. The maximum absolute atomic E-state index is 9.57. The molecule has 0 fully saturated rings. The summed E-state index contributed by atoms with van der Waals surface area (Å²) in [7, 11) is 0. The lowest BCUT2D eigenvalue weighted by atomic mass is 10.1. The van der Waals surface area contributed by atoms with Crippen LogP contribution >= 0.6 is 15.9 Å². The monoisotopic (exact) mass is 271 g/mol. The third kappa shape index (κ3) is 4.22. The summed E-state index contributed by atoms with van der Waals surface area (Å²) >= 11 is 3.54. The van der Waals surface area contributed by atoms with E-state index in [2.05, 4.69) is 34.2 Å². The summed E-state index contributed by atoms with van der Waals surface area (Å²) in [5, 5.41) is 12.9. The molecule has 0 bridgehead atoms. The summed E-state index contributed by atoms with van der Waals surface area (Å²) in [4.78, 5) is 0. The van der Waals surface area contributed by atoms with Crippen molar-refractivity contribution in [2.75, 3.05) is 11.9 Å². The number of halogens is 1. The maximum atomic E-state index is 9.57. The molecule has 0 aliphatic carbocycles. The number of hydrogen-bond acceptors (Lipinski definition) is 2. The fraction of sp³-hybridized carbons (Fsp3) is 0.500. The molecule has 1 aromatic rings. The van der Waals surface area contributed by atoms with Crippen LogP contribution in [0.2, 0.25) is 0 Å². The Morgan fingerprint density at radius 3 is 2.67 bits per heavy atom. The van der Waals surface area contributed by atoms with Gasteiger partial charge in [0.05, 0.1) is 5.60 Å². The van der Waals surface area contributed by atoms with Gasteiger partial charge in [0.1, 0.15) is 0 Å². The van der Waals surface area contributed by atoms with Crippen LogP contribution in [0.25, 0.3) is 0 Å². The van der Waals surface area contributed by atoms with Gasteiger partial charge in [0.25, 0.3) is 0 Å². The van der Waals surface area contributed by atoms with E-state index in [-0.39, 0.29) is 0 Å². The largest absolute Gasteiger partial charge is 0.390 e. The van der Waals surface area contributed by atoms with Gasteiger partial charge in [-0.1, -0.05) is 12.1 Å². The molecule has 0 aliphatic heterocycles. The molecule has 1 rings (SSSR count). The summed E-state index contributed by atoms with van der Waals surface area (Å²) in [6, 6.07) is 6.11. The van der Waals surface area contributed by atoms with Crippen LogP contribution in [0, 0.1) is 6.92 Å². The summed E-state index contributed by atoms with van der Waals surface area (Å²) in [5.74, 6) is 0. The quantitative estimate of drug-likeness (QED) is 0.881. The first-order chi connectivity index (χ1) is 6.90. The maximum Gasteiger partial charge on any atom is 0.0608 e. The molecule has 0 aromatic heterocycles. The number of nitrogens with one attached hydrogen (secondary N) is 1. The summed E-state index contributed by atoms with van der Waals surface area (Å²) in [5.41, 5.74) is 1.69. The summed E-state index contributed by atoms with van der Waals surface area (Å²) in [6.45, 7) is 6.47. The molecule has 0 unspecified atom stereocenters. The van der Waals surface area contributed by atoms with E-state index in [9.17, 15) is 5.11 Å². The fourth-order valence-electron chi connectivity index (χ4n) is 1.29. The van der Waals surface area contributed by atoms with Crippen LogP contribution in [0.3, 0.4) is 0 Å². The van der Waals surface area contributed by atoms with Crippen molar-refractivity contribution in [2.24, 2.45) is 0 Å². The highest BCUT2D eigenvalue weighted by Crippen LogP contribution is 2.25. The molecule has 0 amide bonds. The second kappa shape index (κ2) is 4.99. The van der Waals surface area contributed by atoms with Crippen molar-refractivity contribution in [3.63, 3.8) is 0 Å². The van der Waals surface area contributed by atoms with E-state index < -0.39 is 5.60 Å². The van der Waals surface area contributed by atoms with E-state index in [1.165, 1.54) is 5.56 Å². The second-order valence-corrected chi connectivity index (χ2v) is 5.22. The van der Waals surface area contributed by atoms with Crippen molar-refractivity contribution in [3.05, 3.63) is 28.2 Å². The van der Waals surface area contributed by atoms with Gasteiger partial charge in [-0.2, -0.15) is 0 Å². The van der Waals surface area contributed by atoms with Crippen molar-refractivity contribution in [1.82, 2.24) is 0 Å². The zero-order chi connectivity index (χ0) is 11.5. The van der Waals surface area contributed by atoms with Crippen LogP contribution in [0.1, 0.15) is 25.8 Å². The van der Waals surface area contributed by atoms with E-state index in [0.29, 0.717) is 0 Å². The number of anilines is 1. The van der Waals surface area contributed by atoms with Gasteiger partial charge in [-0.3, -0.25) is 0 Å². The number of rotatable bonds is 4. The minimum atomic E-state index is -0.608. The summed E-state index contributed by atoms with van der Waals surface area (Å²) in [6.07, 6.45) is 0.730. The van der Waals surface area contributed by atoms with Crippen LogP contribution in [0.5, 0.6) is 0 Å². The first-order valence-electron chi connectivity index (χ1n) is 5.11. The van der Waals surface area contributed by atoms with Crippen molar-refractivity contribution in [2.45, 2.75) is 32.8 Å². The van der Waals surface area contributed by atoms with Gasteiger partial charge in [0.2, 0.25) is 0 Å². The third-order valence-electron chi connectivity index (χ3n) is 2.24. The van der Waals surface area contributed by atoms with E-state index in [4.69, 9.17) is 0 Å². The van der Waals surface area contributed by atoms with E-state index in [1.54, 1.807) is 0 Å². The Kier molecular flexibility index (Phi) is 4.17. The lowest BCUT2D eigenvalue weighted by Crippen LogP contribution is -2.22. The number of aliphatic hydroxyl groups is 1. The van der Waals surface area contributed by atoms with Crippen LogP contribution in [-0.4, -0.2) is 17.3 Å². The smallest absolute Gasteiger partial charge is 0.0608 e. The first-order valence-corrected chi connectivity index (χ1v) is 5.91. The topological polar surface area (TPSA) is 32.3 Å². The summed E-state index contributed by atoms with van der Waals surface area (Å²) < 4.78 is 1.10. The van der Waals surface area contributed by atoms with E-state index in [1.807, 2.05) is 26.0 Å². The Balaban J connectivity index is 2.55. The zero-order valence-electron chi connectivity index (χ0n) is 9.47. The average molecular weight is 272 g/mol. The molecule has 3 heteroatoms.